The standard InChI is InChI=1S/C15H14ClNO2/c16-13-5-1-11(2-6-13)9-15(19)17-14-7-3-12(10-18)4-8-14/h1-8,18H,9-10H2,(H,17,19). The second-order valence-electron chi connectivity index (χ2n) is 4.21. The summed E-state index contributed by atoms with van der Waals surface area (Å²) in [6.07, 6.45) is 0.304. The highest BCUT2D eigenvalue weighted by molar-refractivity contribution is 6.30. The van der Waals surface area contributed by atoms with Gasteiger partial charge in [-0.1, -0.05) is 35.9 Å². The zero-order valence-corrected chi connectivity index (χ0v) is 11.0. The Hall–Kier alpha value is -1.84. The Balaban J connectivity index is 1.95. The topological polar surface area (TPSA) is 49.3 Å². The molecule has 0 aliphatic carbocycles. The van der Waals surface area contributed by atoms with Gasteiger partial charge in [-0.25, -0.2) is 0 Å². The summed E-state index contributed by atoms with van der Waals surface area (Å²) in [5.74, 6) is -0.0842. The molecule has 1 amide bonds. The van der Waals surface area contributed by atoms with Gasteiger partial charge in [-0.3, -0.25) is 4.79 Å². The molecule has 0 saturated heterocycles. The normalized spacial score (nSPS) is 10.2. The van der Waals surface area contributed by atoms with Crippen LogP contribution in [0.4, 0.5) is 5.69 Å². The largest absolute Gasteiger partial charge is 0.392 e. The van der Waals surface area contributed by atoms with Crippen molar-refractivity contribution in [2.75, 3.05) is 5.32 Å². The number of aliphatic hydroxyl groups excluding tert-OH is 1. The van der Waals surface area contributed by atoms with E-state index < -0.39 is 0 Å². The van der Waals surface area contributed by atoms with E-state index in [1.54, 1.807) is 36.4 Å². The summed E-state index contributed by atoms with van der Waals surface area (Å²) in [5.41, 5.74) is 2.45. The van der Waals surface area contributed by atoms with Gasteiger partial charge in [0.25, 0.3) is 0 Å². The van der Waals surface area contributed by atoms with Gasteiger partial charge in [-0.2, -0.15) is 0 Å². The Morgan fingerprint density at radius 3 is 2.16 bits per heavy atom. The molecule has 0 aliphatic heterocycles. The minimum absolute atomic E-state index is 0.000991. The highest BCUT2D eigenvalue weighted by atomic mass is 35.5. The predicted octanol–water partition coefficient (Wildman–Crippen LogP) is 3.01. The molecule has 4 heteroatoms. The van der Waals surface area contributed by atoms with Crippen LogP contribution < -0.4 is 5.32 Å². The van der Waals surface area contributed by atoms with Gasteiger partial charge in [0.1, 0.15) is 0 Å². The van der Waals surface area contributed by atoms with Crippen LogP contribution in [0.2, 0.25) is 5.02 Å². The zero-order valence-electron chi connectivity index (χ0n) is 10.3. The molecule has 0 spiro atoms. The number of anilines is 1. The fraction of sp³-hybridized carbons (Fsp3) is 0.133. The van der Waals surface area contributed by atoms with E-state index in [1.807, 2.05) is 12.1 Å². The molecule has 2 aromatic rings. The quantitative estimate of drug-likeness (QED) is 0.901. The summed E-state index contributed by atoms with van der Waals surface area (Å²) in [4.78, 5) is 11.8. The number of halogens is 1. The molecule has 0 aliphatic rings. The lowest BCUT2D eigenvalue weighted by atomic mass is 10.1. The van der Waals surface area contributed by atoms with Crippen LogP contribution in [-0.2, 0) is 17.8 Å². The minimum atomic E-state index is -0.0842. The number of carbonyl (C=O) groups is 1. The van der Waals surface area contributed by atoms with Crippen molar-refractivity contribution in [3.63, 3.8) is 0 Å². The van der Waals surface area contributed by atoms with Crippen LogP contribution >= 0.6 is 11.6 Å². The van der Waals surface area contributed by atoms with Gasteiger partial charge in [0, 0.05) is 10.7 Å². The molecule has 0 radical (unpaired) electrons. The van der Waals surface area contributed by atoms with E-state index in [2.05, 4.69) is 5.32 Å². The van der Waals surface area contributed by atoms with Crippen LogP contribution in [0.5, 0.6) is 0 Å². The van der Waals surface area contributed by atoms with Crippen molar-refractivity contribution in [3.8, 4) is 0 Å². The van der Waals surface area contributed by atoms with E-state index in [9.17, 15) is 4.79 Å². The molecular weight excluding hydrogens is 262 g/mol. The summed E-state index contributed by atoms with van der Waals surface area (Å²) in [6.45, 7) is -0.000991. The third-order valence-electron chi connectivity index (χ3n) is 2.70. The molecule has 2 N–H and O–H groups in total. The van der Waals surface area contributed by atoms with Crippen molar-refractivity contribution in [1.29, 1.82) is 0 Å². The maximum atomic E-state index is 11.8. The van der Waals surface area contributed by atoms with Gasteiger partial charge >= 0.3 is 0 Å². The number of carbonyl (C=O) groups excluding carboxylic acids is 1. The summed E-state index contributed by atoms with van der Waals surface area (Å²) in [5, 5.41) is 12.4. The zero-order chi connectivity index (χ0) is 13.7. The Morgan fingerprint density at radius 1 is 1.00 bits per heavy atom. The number of nitrogens with one attached hydrogen (secondary N) is 1. The number of amides is 1. The second kappa shape index (κ2) is 6.36. The number of benzene rings is 2. The van der Waals surface area contributed by atoms with Crippen LogP contribution in [0.25, 0.3) is 0 Å². The number of aliphatic hydroxyl groups is 1. The van der Waals surface area contributed by atoms with E-state index >= 15 is 0 Å². The fourth-order valence-electron chi connectivity index (χ4n) is 1.69. The fourth-order valence-corrected chi connectivity index (χ4v) is 1.81. The summed E-state index contributed by atoms with van der Waals surface area (Å²) >= 11 is 5.79. The summed E-state index contributed by atoms with van der Waals surface area (Å²) in [7, 11) is 0. The van der Waals surface area contributed by atoms with Crippen molar-refractivity contribution in [2.45, 2.75) is 13.0 Å². The summed E-state index contributed by atoms with van der Waals surface area (Å²) < 4.78 is 0. The van der Waals surface area contributed by atoms with Gasteiger partial charge in [0.05, 0.1) is 13.0 Å². The summed E-state index contributed by atoms with van der Waals surface area (Å²) in [6, 6.07) is 14.3. The van der Waals surface area contributed by atoms with Crippen LogP contribution in [0.1, 0.15) is 11.1 Å². The molecule has 2 aromatic carbocycles. The van der Waals surface area contributed by atoms with Crippen LogP contribution in [0.3, 0.4) is 0 Å². The first-order chi connectivity index (χ1) is 9.17. The maximum absolute atomic E-state index is 11.8. The van der Waals surface area contributed by atoms with E-state index in [0.717, 1.165) is 16.8 Å². The highest BCUT2D eigenvalue weighted by Crippen LogP contribution is 2.12. The molecule has 0 unspecified atom stereocenters. The second-order valence-corrected chi connectivity index (χ2v) is 4.64. The molecule has 98 valence electrons. The molecule has 0 heterocycles. The van der Waals surface area contributed by atoms with Crippen molar-refractivity contribution in [3.05, 3.63) is 64.7 Å². The Morgan fingerprint density at radius 2 is 1.58 bits per heavy atom. The van der Waals surface area contributed by atoms with Gasteiger partial charge in [0.15, 0.2) is 0 Å². The lowest BCUT2D eigenvalue weighted by molar-refractivity contribution is -0.115. The van der Waals surface area contributed by atoms with Gasteiger partial charge < -0.3 is 10.4 Å². The van der Waals surface area contributed by atoms with Crippen molar-refractivity contribution in [1.82, 2.24) is 0 Å². The monoisotopic (exact) mass is 275 g/mol. The Kier molecular flexibility index (Phi) is 4.55. The Bertz CT molecular complexity index is 549. The molecular formula is C15H14ClNO2. The Labute approximate surface area is 116 Å². The van der Waals surface area contributed by atoms with Crippen LogP contribution in [0.15, 0.2) is 48.5 Å². The maximum Gasteiger partial charge on any atom is 0.228 e. The van der Waals surface area contributed by atoms with E-state index in [1.165, 1.54) is 0 Å². The highest BCUT2D eigenvalue weighted by Gasteiger charge is 2.04. The molecule has 0 fully saturated rings. The van der Waals surface area contributed by atoms with E-state index in [-0.39, 0.29) is 12.5 Å². The van der Waals surface area contributed by atoms with Crippen molar-refractivity contribution in [2.24, 2.45) is 0 Å². The first-order valence-corrected chi connectivity index (χ1v) is 6.29. The van der Waals surface area contributed by atoms with Crippen molar-refractivity contribution >= 4 is 23.2 Å². The SMILES string of the molecule is O=C(Cc1ccc(Cl)cc1)Nc1ccc(CO)cc1. The number of hydrogen-bond acceptors (Lipinski definition) is 2. The minimum Gasteiger partial charge on any atom is -0.392 e. The van der Waals surface area contributed by atoms with Gasteiger partial charge in [-0.15, -0.1) is 0 Å². The molecule has 0 atom stereocenters. The number of hydrogen-bond donors (Lipinski definition) is 2. The van der Waals surface area contributed by atoms with Crippen LogP contribution in [-0.4, -0.2) is 11.0 Å². The van der Waals surface area contributed by atoms with E-state index in [4.69, 9.17) is 16.7 Å². The molecule has 3 nitrogen and oxygen atoms in total. The van der Waals surface area contributed by atoms with E-state index in [0.29, 0.717) is 11.4 Å². The third kappa shape index (κ3) is 4.09. The lowest BCUT2D eigenvalue weighted by Crippen LogP contribution is -2.14. The first kappa shape index (κ1) is 13.6. The third-order valence-corrected chi connectivity index (χ3v) is 2.95. The van der Waals surface area contributed by atoms with Gasteiger partial charge in [0.2, 0.25) is 5.91 Å². The van der Waals surface area contributed by atoms with Crippen molar-refractivity contribution < 1.29 is 9.90 Å². The molecule has 19 heavy (non-hydrogen) atoms. The van der Waals surface area contributed by atoms with Gasteiger partial charge in [-0.05, 0) is 35.4 Å². The molecule has 0 aromatic heterocycles. The average molecular weight is 276 g/mol. The smallest absolute Gasteiger partial charge is 0.228 e. The lowest BCUT2D eigenvalue weighted by Gasteiger charge is -2.06. The molecule has 2 rings (SSSR count). The molecule has 0 bridgehead atoms. The molecule has 0 saturated carbocycles. The number of rotatable bonds is 4. The average Bonchev–Trinajstić information content (AvgIpc) is 2.42. The predicted molar refractivity (Wildman–Crippen MR) is 76.2 cm³/mol. The van der Waals surface area contributed by atoms with Crippen LogP contribution in [0, 0.1) is 0 Å². The first-order valence-electron chi connectivity index (χ1n) is 5.91.